The summed E-state index contributed by atoms with van der Waals surface area (Å²) in [5.74, 6) is -0.467. The van der Waals surface area contributed by atoms with E-state index in [0.717, 1.165) is 4.88 Å². The number of nitrogens with zero attached hydrogens (tertiary/aromatic N) is 1. The molecule has 1 aromatic heterocycles. The van der Waals surface area contributed by atoms with Crippen LogP contribution in [0.4, 0.5) is 0 Å². The molecule has 0 spiro atoms. The Morgan fingerprint density at radius 1 is 1.73 bits per heavy atom. The quantitative estimate of drug-likeness (QED) is 0.854. The molecule has 0 atom stereocenters. The largest absolute Gasteiger partial charge is 0.477 e. The van der Waals surface area contributed by atoms with Crippen molar-refractivity contribution in [3.63, 3.8) is 0 Å². The molecule has 5 heteroatoms. The number of rotatable bonds is 4. The topological polar surface area (TPSA) is 70.3 Å². The van der Waals surface area contributed by atoms with E-state index >= 15 is 0 Å². The fourth-order valence-electron chi connectivity index (χ4n) is 1.04. The van der Waals surface area contributed by atoms with Crippen LogP contribution in [-0.2, 0) is 0 Å². The van der Waals surface area contributed by atoms with Crippen LogP contribution in [0.15, 0.2) is 6.07 Å². The number of carboxylic acid groups (broad SMARTS) is 1. The van der Waals surface area contributed by atoms with Gasteiger partial charge in [-0.25, -0.2) is 4.79 Å². The van der Waals surface area contributed by atoms with Crippen LogP contribution in [0.1, 0.15) is 34.3 Å². The van der Waals surface area contributed by atoms with Gasteiger partial charge in [-0.15, -0.1) is 11.3 Å². The molecule has 1 aromatic rings. The van der Waals surface area contributed by atoms with Gasteiger partial charge in [0, 0.05) is 4.88 Å². The predicted octanol–water partition coefficient (Wildman–Crippen LogP) is 2.47. The summed E-state index contributed by atoms with van der Waals surface area (Å²) in [6.07, 6.45) is 0. The third-order valence-corrected chi connectivity index (χ3v) is 3.18. The predicted molar refractivity (Wildman–Crippen MR) is 56.5 cm³/mol. The lowest BCUT2D eigenvalue weighted by Gasteiger charge is -1.98. The van der Waals surface area contributed by atoms with E-state index in [4.69, 9.17) is 15.1 Å². The van der Waals surface area contributed by atoms with E-state index in [1.807, 2.05) is 19.9 Å². The molecule has 1 rings (SSSR count). The second kappa shape index (κ2) is 4.80. The van der Waals surface area contributed by atoms with Gasteiger partial charge < -0.3 is 9.84 Å². The molecule has 80 valence electrons. The van der Waals surface area contributed by atoms with Crippen LogP contribution in [0.3, 0.4) is 0 Å². The normalized spacial score (nSPS) is 10.0. The average Bonchev–Trinajstić information content (AvgIpc) is 2.58. The molecule has 15 heavy (non-hydrogen) atoms. The standard InChI is InChI=1S/C10H11NO3S/c1-6(2)8-5-7(14-4-3-11)9(15-8)10(12)13/h5-6H,4H2,1-2H3,(H,12,13). The van der Waals surface area contributed by atoms with Crippen molar-refractivity contribution in [2.75, 3.05) is 6.61 Å². The van der Waals surface area contributed by atoms with E-state index in [1.54, 1.807) is 6.07 Å². The second-order valence-electron chi connectivity index (χ2n) is 3.25. The minimum Gasteiger partial charge on any atom is -0.477 e. The van der Waals surface area contributed by atoms with Gasteiger partial charge in [-0.3, -0.25) is 0 Å². The molecule has 0 fully saturated rings. The number of hydrogen-bond acceptors (Lipinski definition) is 4. The van der Waals surface area contributed by atoms with Crippen LogP contribution in [-0.4, -0.2) is 17.7 Å². The fourth-order valence-corrected chi connectivity index (χ4v) is 1.99. The molecule has 0 bridgehead atoms. The van der Waals surface area contributed by atoms with Crippen LogP contribution in [0.2, 0.25) is 0 Å². The molecule has 0 amide bonds. The second-order valence-corrected chi connectivity index (χ2v) is 4.33. The zero-order chi connectivity index (χ0) is 11.4. The van der Waals surface area contributed by atoms with E-state index < -0.39 is 5.97 Å². The summed E-state index contributed by atoms with van der Waals surface area (Å²) >= 11 is 1.19. The van der Waals surface area contributed by atoms with Crippen molar-refractivity contribution in [1.29, 1.82) is 5.26 Å². The Labute approximate surface area is 91.7 Å². The van der Waals surface area contributed by atoms with Crippen LogP contribution >= 0.6 is 11.3 Å². The SMILES string of the molecule is CC(C)c1cc(OCC#N)c(C(=O)O)s1. The van der Waals surface area contributed by atoms with E-state index in [2.05, 4.69) is 0 Å². The highest BCUT2D eigenvalue weighted by Gasteiger charge is 2.17. The molecule has 1 N–H and O–H groups in total. The Hall–Kier alpha value is -1.54. The third-order valence-electron chi connectivity index (χ3n) is 1.77. The van der Waals surface area contributed by atoms with Crippen LogP contribution in [0.25, 0.3) is 0 Å². The van der Waals surface area contributed by atoms with Gasteiger partial charge in [-0.2, -0.15) is 5.26 Å². The minimum atomic E-state index is -1.01. The number of aromatic carboxylic acids is 1. The van der Waals surface area contributed by atoms with Crippen LogP contribution < -0.4 is 4.74 Å². The average molecular weight is 225 g/mol. The van der Waals surface area contributed by atoms with E-state index in [1.165, 1.54) is 11.3 Å². The maximum Gasteiger partial charge on any atom is 0.349 e. The number of thiophene rings is 1. The Morgan fingerprint density at radius 2 is 2.40 bits per heavy atom. The first-order valence-corrected chi connectivity index (χ1v) is 5.24. The highest BCUT2D eigenvalue weighted by Crippen LogP contribution is 2.33. The Kier molecular flexibility index (Phi) is 3.69. The van der Waals surface area contributed by atoms with Crippen molar-refractivity contribution in [2.24, 2.45) is 0 Å². The molecule has 0 saturated carbocycles. The number of nitriles is 1. The van der Waals surface area contributed by atoms with Gasteiger partial charge in [0.25, 0.3) is 0 Å². The molecule has 0 aliphatic carbocycles. The first-order valence-electron chi connectivity index (χ1n) is 4.43. The Bertz CT molecular complexity index is 403. The summed E-state index contributed by atoms with van der Waals surface area (Å²) in [4.78, 5) is 12.0. The number of carboxylic acids is 1. The molecular formula is C10H11NO3S. The molecule has 0 aromatic carbocycles. The van der Waals surface area contributed by atoms with Crippen molar-refractivity contribution < 1.29 is 14.6 Å². The van der Waals surface area contributed by atoms with E-state index in [-0.39, 0.29) is 23.2 Å². The van der Waals surface area contributed by atoms with Gasteiger partial charge in [-0.05, 0) is 12.0 Å². The lowest BCUT2D eigenvalue weighted by Crippen LogP contribution is -1.99. The summed E-state index contributed by atoms with van der Waals surface area (Å²) in [6.45, 7) is 3.83. The smallest absolute Gasteiger partial charge is 0.349 e. The summed E-state index contributed by atoms with van der Waals surface area (Å²) in [7, 11) is 0. The van der Waals surface area contributed by atoms with Crippen molar-refractivity contribution in [3.8, 4) is 11.8 Å². The van der Waals surface area contributed by atoms with Gasteiger partial charge in [-0.1, -0.05) is 13.8 Å². The minimum absolute atomic E-state index is 0.130. The van der Waals surface area contributed by atoms with E-state index in [0.29, 0.717) is 0 Å². The van der Waals surface area contributed by atoms with Gasteiger partial charge in [0.1, 0.15) is 11.8 Å². The van der Waals surface area contributed by atoms with Crippen molar-refractivity contribution in [3.05, 3.63) is 15.8 Å². The number of hydrogen-bond donors (Lipinski definition) is 1. The third kappa shape index (κ3) is 2.70. The highest BCUT2D eigenvalue weighted by atomic mass is 32.1. The lowest BCUT2D eigenvalue weighted by atomic mass is 10.2. The van der Waals surface area contributed by atoms with Gasteiger partial charge >= 0.3 is 5.97 Å². The number of carbonyl (C=O) groups is 1. The molecular weight excluding hydrogens is 214 g/mol. The van der Waals surface area contributed by atoms with Gasteiger partial charge in [0.05, 0.1) is 0 Å². The molecule has 0 saturated heterocycles. The Balaban J connectivity index is 3.01. The van der Waals surface area contributed by atoms with Gasteiger partial charge in [0.15, 0.2) is 11.5 Å². The summed E-state index contributed by atoms with van der Waals surface area (Å²) in [5, 5.41) is 17.3. The molecule has 0 aliphatic rings. The first-order chi connectivity index (χ1) is 7.06. The molecule has 0 aliphatic heterocycles. The fraction of sp³-hybridized carbons (Fsp3) is 0.400. The molecule has 0 radical (unpaired) electrons. The van der Waals surface area contributed by atoms with Crippen LogP contribution in [0, 0.1) is 11.3 Å². The van der Waals surface area contributed by atoms with Gasteiger partial charge in [0.2, 0.25) is 0 Å². The maximum atomic E-state index is 10.9. The van der Waals surface area contributed by atoms with Crippen LogP contribution in [0.5, 0.6) is 5.75 Å². The Morgan fingerprint density at radius 3 is 2.87 bits per heavy atom. The zero-order valence-electron chi connectivity index (χ0n) is 8.48. The molecule has 0 unspecified atom stereocenters. The monoisotopic (exact) mass is 225 g/mol. The van der Waals surface area contributed by atoms with Crippen molar-refractivity contribution in [2.45, 2.75) is 19.8 Å². The van der Waals surface area contributed by atoms with Crippen molar-refractivity contribution in [1.82, 2.24) is 0 Å². The van der Waals surface area contributed by atoms with Crippen molar-refractivity contribution >= 4 is 17.3 Å². The lowest BCUT2D eigenvalue weighted by molar-refractivity contribution is 0.0698. The maximum absolute atomic E-state index is 10.9. The first kappa shape index (κ1) is 11.5. The molecule has 4 nitrogen and oxygen atoms in total. The number of ether oxygens (including phenoxy) is 1. The summed E-state index contributed by atoms with van der Waals surface area (Å²) < 4.78 is 5.05. The zero-order valence-corrected chi connectivity index (χ0v) is 9.30. The molecule has 1 heterocycles. The van der Waals surface area contributed by atoms with E-state index in [9.17, 15) is 4.79 Å². The summed E-state index contributed by atoms with van der Waals surface area (Å²) in [5.41, 5.74) is 0. The summed E-state index contributed by atoms with van der Waals surface area (Å²) in [6, 6.07) is 3.50. The highest BCUT2D eigenvalue weighted by molar-refractivity contribution is 7.14.